The lowest BCUT2D eigenvalue weighted by Crippen LogP contribution is -2.25. The van der Waals surface area contributed by atoms with Gasteiger partial charge in [-0.2, -0.15) is 10.5 Å². The van der Waals surface area contributed by atoms with Crippen molar-refractivity contribution in [1.29, 1.82) is 10.5 Å². The average Bonchev–Trinajstić information content (AvgIpc) is 2.47. The van der Waals surface area contributed by atoms with Gasteiger partial charge in [0.15, 0.2) is 6.67 Å². The second-order valence-corrected chi connectivity index (χ2v) is 5.06. The van der Waals surface area contributed by atoms with Crippen LogP contribution in [0, 0.1) is 22.4 Å². The molecule has 1 unspecified atom stereocenters. The molecule has 112 valence electrons. The minimum atomic E-state index is -1.55. The van der Waals surface area contributed by atoms with Crippen molar-refractivity contribution in [3.8, 4) is 11.9 Å². The molecule has 0 aliphatic carbocycles. The summed E-state index contributed by atoms with van der Waals surface area (Å²) in [5.74, 6) is 1.34. The van der Waals surface area contributed by atoms with Gasteiger partial charge in [0.25, 0.3) is 14.3 Å². The fourth-order valence-electron chi connectivity index (χ4n) is 1.27. The Hall–Kier alpha value is -1.27. The number of carbonyl (C=O) groups is 1. The Morgan fingerprint density at radius 3 is 2.50 bits per heavy atom. The molecule has 0 aromatic carbocycles. The number of alkyl halides is 1. The molecule has 0 saturated carbocycles. The van der Waals surface area contributed by atoms with E-state index in [-0.39, 0.29) is 13.0 Å². The smallest absolute Gasteiger partial charge is 0.285 e. The van der Waals surface area contributed by atoms with Gasteiger partial charge in [-0.15, -0.1) is 0 Å². The summed E-state index contributed by atoms with van der Waals surface area (Å²) in [6.45, 7) is 0.149. The molecule has 1 atom stereocenters. The summed E-state index contributed by atoms with van der Waals surface area (Å²) < 4.78 is 22.1. The highest BCUT2D eigenvalue weighted by Gasteiger charge is 2.08. The Morgan fingerprint density at radius 2 is 1.85 bits per heavy atom. The highest BCUT2D eigenvalue weighted by atomic mass is 31.2. The van der Waals surface area contributed by atoms with Crippen LogP contribution in [0.15, 0.2) is 0 Å². The van der Waals surface area contributed by atoms with Gasteiger partial charge in [-0.3, -0.25) is 4.79 Å². The van der Waals surface area contributed by atoms with Crippen molar-refractivity contribution in [3.63, 3.8) is 0 Å². The normalized spacial score (nSPS) is 11.3. The van der Waals surface area contributed by atoms with E-state index in [9.17, 15) is 9.18 Å². The third-order valence-corrected chi connectivity index (χ3v) is 3.22. The van der Waals surface area contributed by atoms with Gasteiger partial charge in [-0.25, -0.2) is 4.39 Å². The molecule has 0 fully saturated rings. The van der Waals surface area contributed by atoms with Crippen LogP contribution in [0.3, 0.4) is 0 Å². The molecule has 0 spiro atoms. The lowest BCUT2D eigenvalue weighted by atomic mass is 10.2. The molecule has 0 saturated heterocycles. The van der Waals surface area contributed by atoms with Crippen LogP contribution >= 0.6 is 8.38 Å². The van der Waals surface area contributed by atoms with Gasteiger partial charge < -0.3 is 14.4 Å². The molecule has 20 heavy (non-hydrogen) atoms. The van der Waals surface area contributed by atoms with Crippen LogP contribution < -0.4 is 5.32 Å². The van der Waals surface area contributed by atoms with E-state index in [2.05, 4.69) is 5.32 Å². The van der Waals surface area contributed by atoms with E-state index < -0.39 is 21.0 Å². The number of nitrogens with one attached hydrogen (secondary N) is 1. The number of amides is 1. The second kappa shape index (κ2) is 14.1. The third kappa shape index (κ3) is 11.8. The number of hydrogen-bond acceptors (Lipinski definition) is 5. The first-order valence-corrected chi connectivity index (χ1v) is 7.57. The first-order chi connectivity index (χ1) is 9.74. The standard InChI is InChI=1S/C12H19FN3O3P/c13-10-12(17)16-7-3-1-2-4-8-18-20(11-15)19-9-5-6-14/h1-5,7-10H2,(H,16,17). The van der Waals surface area contributed by atoms with E-state index in [0.717, 1.165) is 25.7 Å². The predicted molar refractivity (Wildman–Crippen MR) is 72.1 cm³/mol. The molecule has 0 bridgehead atoms. The van der Waals surface area contributed by atoms with Crippen molar-refractivity contribution >= 4 is 14.3 Å². The lowest BCUT2D eigenvalue weighted by Gasteiger charge is -2.09. The molecule has 1 N–H and O–H groups in total. The quantitative estimate of drug-likeness (QED) is 0.441. The number of unbranched alkanes of at least 4 members (excludes halogenated alkanes) is 3. The van der Waals surface area contributed by atoms with Crippen molar-refractivity contribution in [2.75, 3.05) is 26.4 Å². The minimum absolute atomic E-state index is 0.212. The predicted octanol–water partition coefficient (Wildman–Crippen LogP) is 2.37. The Labute approximate surface area is 119 Å². The van der Waals surface area contributed by atoms with Crippen molar-refractivity contribution in [3.05, 3.63) is 0 Å². The average molecular weight is 303 g/mol. The van der Waals surface area contributed by atoms with Crippen LogP contribution in [0.5, 0.6) is 0 Å². The summed E-state index contributed by atoms with van der Waals surface area (Å²) in [6.07, 6.45) is 3.62. The van der Waals surface area contributed by atoms with E-state index in [0.29, 0.717) is 13.2 Å². The van der Waals surface area contributed by atoms with Gasteiger partial charge in [0, 0.05) is 6.54 Å². The zero-order valence-electron chi connectivity index (χ0n) is 11.3. The first kappa shape index (κ1) is 18.7. The number of halogens is 1. The molecule has 0 radical (unpaired) electrons. The minimum Gasteiger partial charge on any atom is -0.354 e. The van der Waals surface area contributed by atoms with E-state index in [1.54, 1.807) is 0 Å². The Bertz CT molecular complexity index is 344. The van der Waals surface area contributed by atoms with Crippen LogP contribution in [-0.4, -0.2) is 32.3 Å². The maximum atomic E-state index is 11.8. The van der Waals surface area contributed by atoms with Gasteiger partial charge in [0.2, 0.25) is 0 Å². The monoisotopic (exact) mass is 303 g/mol. The number of nitrogens with zero attached hydrogens (tertiary/aromatic N) is 2. The van der Waals surface area contributed by atoms with Gasteiger partial charge in [0.1, 0.15) is 5.81 Å². The number of rotatable bonds is 12. The van der Waals surface area contributed by atoms with Crippen LogP contribution in [0.1, 0.15) is 32.1 Å². The van der Waals surface area contributed by atoms with E-state index in [1.165, 1.54) is 0 Å². The summed E-state index contributed by atoms with van der Waals surface area (Å²) in [6, 6.07) is 1.92. The van der Waals surface area contributed by atoms with Gasteiger partial charge in [-0.1, -0.05) is 12.8 Å². The maximum Gasteiger partial charge on any atom is 0.285 e. The largest absolute Gasteiger partial charge is 0.354 e. The Morgan fingerprint density at radius 1 is 1.15 bits per heavy atom. The molecule has 0 aliphatic rings. The van der Waals surface area contributed by atoms with Gasteiger partial charge in [-0.05, 0) is 12.8 Å². The van der Waals surface area contributed by atoms with Crippen molar-refractivity contribution in [2.45, 2.75) is 32.1 Å². The zero-order valence-corrected chi connectivity index (χ0v) is 12.2. The topological polar surface area (TPSA) is 95.1 Å². The van der Waals surface area contributed by atoms with Crippen LogP contribution in [0.4, 0.5) is 4.39 Å². The summed E-state index contributed by atoms with van der Waals surface area (Å²) in [7, 11) is -1.55. The molecule has 1 amide bonds. The van der Waals surface area contributed by atoms with Crippen molar-refractivity contribution in [2.24, 2.45) is 0 Å². The molecule has 0 aliphatic heterocycles. The van der Waals surface area contributed by atoms with Gasteiger partial charge in [0.05, 0.1) is 25.7 Å². The highest BCUT2D eigenvalue weighted by molar-refractivity contribution is 7.52. The van der Waals surface area contributed by atoms with Crippen molar-refractivity contribution in [1.82, 2.24) is 5.32 Å². The number of carbonyl (C=O) groups excluding carboxylic acids is 1. The molecule has 0 aromatic heterocycles. The van der Waals surface area contributed by atoms with Crippen LogP contribution in [-0.2, 0) is 13.8 Å². The first-order valence-electron chi connectivity index (χ1n) is 6.40. The molecule has 0 aromatic rings. The summed E-state index contributed by atoms with van der Waals surface area (Å²) in [4.78, 5) is 10.6. The van der Waals surface area contributed by atoms with Crippen LogP contribution in [0.2, 0.25) is 0 Å². The molecule has 0 rings (SSSR count). The molecule has 8 heteroatoms. The molecular formula is C12H19FN3O3P. The highest BCUT2D eigenvalue weighted by Crippen LogP contribution is 2.36. The molecular weight excluding hydrogens is 284 g/mol. The van der Waals surface area contributed by atoms with Gasteiger partial charge >= 0.3 is 0 Å². The Balaban J connectivity index is 3.36. The number of nitriles is 2. The second-order valence-electron chi connectivity index (χ2n) is 3.83. The summed E-state index contributed by atoms with van der Waals surface area (Å²) >= 11 is 0. The lowest BCUT2D eigenvalue weighted by molar-refractivity contribution is -0.121. The Kier molecular flexibility index (Phi) is 13.2. The van der Waals surface area contributed by atoms with E-state index >= 15 is 0 Å². The third-order valence-electron chi connectivity index (χ3n) is 2.23. The zero-order chi connectivity index (χ0) is 15.1. The summed E-state index contributed by atoms with van der Waals surface area (Å²) in [5, 5.41) is 19.5. The van der Waals surface area contributed by atoms with Crippen molar-refractivity contribution < 1.29 is 18.2 Å². The number of hydrogen-bond donors (Lipinski definition) is 1. The SMILES string of the molecule is N#CCCOP(C#N)OCCCCCCNC(=O)CF. The molecule has 0 heterocycles. The fourth-order valence-corrected chi connectivity index (χ4v) is 2.01. The van der Waals surface area contributed by atoms with E-state index in [4.69, 9.17) is 19.6 Å². The summed E-state index contributed by atoms with van der Waals surface area (Å²) in [5.41, 5.74) is 0. The maximum absolute atomic E-state index is 11.8. The van der Waals surface area contributed by atoms with E-state index in [1.807, 2.05) is 11.9 Å². The van der Waals surface area contributed by atoms with Crippen LogP contribution in [0.25, 0.3) is 0 Å². The fraction of sp³-hybridized carbons (Fsp3) is 0.750. The molecule has 6 nitrogen and oxygen atoms in total.